The van der Waals surface area contributed by atoms with Gasteiger partial charge >= 0.3 is 0 Å². The molecule has 118 valence electrons. The Kier molecular flexibility index (Phi) is 4.55. The number of methoxy groups -OCH3 is 1. The van der Waals surface area contributed by atoms with Crippen molar-refractivity contribution < 1.29 is 4.74 Å². The molecule has 0 aliphatic carbocycles. The summed E-state index contributed by atoms with van der Waals surface area (Å²) in [6.45, 7) is 2.79. The molecule has 0 saturated carbocycles. The minimum absolute atomic E-state index is 0.457. The Balaban J connectivity index is 1.62. The molecule has 1 saturated heterocycles. The number of anilines is 1. The lowest BCUT2D eigenvalue weighted by Crippen LogP contribution is -2.32. The highest BCUT2D eigenvalue weighted by molar-refractivity contribution is 6.30. The Morgan fingerprint density at radius 1 is 1.45 bits per heavy atom. The predicted octanol–water partition coefficient (Wildman–Crippen LogP) is 2.45. The van der Waals surface area contributed by atoms with Gasteiger partial charge in [-0.25, -0.2) is 4.98 Å². The van der Waals surface area contributed by atoms with Crippen LogP contribution in [0.2, 0.25) is 5.02 Å². The summed E-state index contributed by atoms with van der Waals surface area (Å²) in [5.41, 5.74) is 2.26. The van der Waals surface area contributed by atoms with Crippen LogP contribution in [0.3, 0.4) is 0 Å². The fraction of sp³-hybridized carbons (Fsp3) is 0.438. The van der Waals surface area contributed by atoms with E-state index in [1.165, 1.54) is 5.69 Å². The topological polar surface area (TPSA) is 42.3 Å². The first kappa shape index (κ1) is 15.2. The average molecular weight is 321 g/mol. The van der Waals surface area contributed by atoms with Crippen LogP contribution < -0.4 is 15.0 Å². The number of hydrogen-bond donors (Lipinski definition) is 1. The van der Waals surface area contributed by atoms with Gasteiger partial charge < -0.3 is 19.5 Å². The van der Waals surface area contributed by atoms with E-state index < -0.39 is 0 Å². The first-order chi connectivity index (χ1) is 10.7. The fourth-order valence-electron chi connectivity index (χ4n) is 2.86. The summed E-state index contributed by atoms with van der Waals surface area (Å²) in [6, 6.07) is 6.22. The van der Waals surface area contributed by atoms with Crippen LogP contribution in [0.15, 0.2) is 30.7 Å². The van der Waals surface area contributed by atoms with Crippen LogP contribution in [0.1, 0.15) is 12.1 Å². The normalized spacial score (nSPS) is 18.0. The van der Waals surface area contributed by atoms with Crippen molar-refractivity contribution in [2.75, 3.05) is 25.1 Å². The standard InChI is InChI=1S/C16H21ClN4O/c1-20-11-18-8-14(20)9-19-13-5-6-21(10-13)15-7-12(17)3-4-16(15)22-2/h3-4,7-8,11,13,19H,5-6,9-10H2,1-2H3/t13-/m0/s1. The molecule has 1 atom stereocenters. The molecule has 6 heteroatoms. The number of aromatic nitrogens is 2. The molecular weight excluding hydrogens is 300 g/mol. The van der Waals surface area contributed by atoms with Gasteiger partial charge in [0, 0.05) is 43.9 Å². The monoisotopic (exact) mass is 320 g/mol. The van der Waals surface area contributed by atoms with Gasteiger partial charge in [-0.2, -0.15) is 0 Å². The molecule has 0 radical (unpaired) electrons. The third kappa shape index (κ3) is 3.20. The lowest BCUT2D eigenvalue weighted by atomic mass is 10.2. The minimum Gasteiger partial charge on any atom is -0.495 e. The van der Waals surface area contributed by atoms with Crippen LogP contribution in [-0.4, -0.2) is 35.8 Å². The van der Waals surface area contributed by atoms with Gasteiger partial charge in [-0.15, -0.1) is 0 Å². The SMILES string of the molecule is COc1ccc(Cl)cc1N1CC[C@H](NCc2cncn2C)C1. The molecular formula is C16H21ClN4O. The maximum absolute atomic E-state index is 6.13. The smallest absolute Gasteiger partial charge is 0.142 e. The molecule has 2 heterocycles. The number of aryl methyl sites for hydroxylation is 1. The molecule has 2 aromatic rings. The third-order valence-electron chi connectivity index (χ3n) is 4.16. The Hall–Kier alpha value is -1.72. The first-order valence-corrected chi connectivity index (χ1v) is 7.82. The maximum Gasteiger partial charge on any atom is 0.142 e. The number of nitrogens with one attached hydrogen (secondary N) is 1. The zero-order valence-corrected chi connectivity index (χ0v) is 13.7. The van der Waals surface area contributed by atoms with Gasteiger partial charge in [0.1, 0.15) is 5.75 Å². The molecule has 1 aromatic heterocycles. The third-order valence-corrected chi connectivity index (χ3v) is 4.39. The second-order valence-electron chi connectivity index (χ2n) is 5.62. The van der Waals surface area contributed by atoms with E-state index in [1.807, 2.05) is 42.3 Å². The molecule has 5 nitrogen and oxygen atoms in total. The maximum atomic E-state index is 6.13. The first-order valence-electron chi connectivity index (χ1n) is 7.44. The van der Waals surface area contributed by atoms with E-state index >= 15 is 0 Å². The quantitative estimate of drug-likeness (QED) is 0.919. The van der Waals surface area contributed by atoms with Gasteiger partial charge in [0.2, 0.25) is 0 Å². The summed E-state index contributed by atoms with van der Waals surface area (Å²) < 4.78 is 7.49. The van der Waals surface area contributed by atoms with E-state index in [2.05, 4.69) is 15.2 Å². The van der Waals surface area contributed by atoms with Crippen LogP contribution in [-0.2, 0) is 13.6 Å². The van der Waals surface area contributed by atoms with Gasteiger partial charge in [0.05, 0.1) is 24.8 Å². The Morgan fingerprint density at radius 2 is 2.32 bits per heavy atom. The molecule has 1 aliphatic rings. The van der Waals surface area contributed by atoms with E-state index in [0.29, 0.717) is 6.04 Å². The van der Waals surface area contributed by atoms with Gasteiger partial charge in [0.15, 0.2) is 0 Å². The number of imidazole rings is 1. The lowest BCUT2D eigenvalue weighted by molar-refractivity contribution is 0.414. The molecule has 0 amide bonds. The summed E-state index contributed by atoms with van der Waals surface area (Å²) in [5, 5.41) is 4.34. The van der Waals surface area contributed by atoms with Crippen molar-refractivity contribution in [1.82, 2.24) is 14.9 Å². The van der Waals surface area contributed by atoms with Gasteiger partial charge in [-0.3, -0.25) is 0 Å². The molecule has 0 unspecified atom stereocenters. The van der Waals surface area contributed by atoms with E-state index in [1.54, 1.807) is 7.11 Å². The highest BCUT2D eigenvalue weighted by atomic mass is 35.5. The second-order valence-corrected chi connectivity index (χ2v) is 6.06. The Bertz CT molecular complexity index is 643. The molecule has 1 aromatic carbocycles. The Labute approximate surface area is 135 Å². The van der Waals surface area contributed by atoms with Crippen LogP contribution in [0.4, 0.5) is 5.69 Å². The molecule has 0 bridgehead atoms. The zero-order valence-electron chi connectivity index (χ0n) is 12.9. The van der Waals surface area contributed by atoms with E-state index in [9.17, 15) is 0 Å². The number of benzene rings is 1. The molecule has 1 fully saturated rings. The van der Waals surface area contributed by atoms with Crippen molar-refractivity contribution in [3.8, 4) is 5.75 Å². The van der Waals surface area contributed by atoms with Crippen molar-refractivity contribution in [3.05, 3.63) is 41.4 Å². The molecule has 1 N–H and O–H groups in total. The predicted molar refractivity (Wildman–Crippen MR) is 88.7 cm³/mol. The summed E-state index contributed by atoms with van der Waals surface area (Å²) in [6.07, 6.45) is 4.84. The molecule has 0 spiro atoms. The van der Waals surface area contributed by atoms with Gasteiger partial charge in [0.25, 0.3) is 0 Å². The number of halogens is 1. The minimum atomic E-state index is 0.457. The van der Waals surface area contributed by atoms with Crippen molar-refractivity contribution in [3.63, 3.8) is 0 Å². The van der Waals surface area contributed by atoms with Gasteiger partial charge in [-0.1, -0.05) is 11.6 Å². The highest BCUT2D eigenvalue weighted by Gasteiger charge is 2.24. The van der Waals surface area contributed by atoms with Crippen molar-refractivity contribution in [2.45, 2.75) is 19.0 Å². The van der Waals surface area contributed by atoms with Crippen LogP contribution >= 0.6 is 11.6 Å². The molecule has 22 heavy (non-hydrogen) atoms. The largest absolute Gasteiger partial charge is 0.495 e. The molecule has 3 rings (SSSR count). The summed E-state index contributed by atoms with van der Waals surface area (Å²) >= 11 is 6.13. The van der Waals surface area contributed by atoms with Crippen LogP contribution in [0.25, 0.3) is 0 Å². The van der Waals surface area contributed by atoms with E-state index in [-0.39, 0.29) is 0 Å². The van der Waals surface area contributed by atoms with Gasteiger partial charge in [-0.05, 0) is 24.6 Å². The number of hydrogen-bond acceptors (Lipinski definition) is 4. The molecule has 1 aliphatic heterocycles. The summed E-state index contributed by atoms with van der Waals surface area (Å²) in [4.78, 5) is 6.47. The van der Waals surface area contributed by atoms with E-state index in [0.717, 1.165) is 42.5 Å². The second kappa shape index (κ2) is 6.58. The zero-order chi connectivity index (χ0) is 15.5. The summed E-state index contributed by atoms with van der Waals surface area (Å²) in [7, 11) is 3.71. The fourth-order valence-corrected chi connectivity index (χ4v) is 3.03. The van der Waals surface area contributed by atoms with E-state index in [4.69, 9.17) is 16.3 Å². The van der Waals surface area contributed by atoms with Crippen molar-refractivity contribution >= 4 is 17.3 Å². The van der Waals surface area contributed by atoms with Crippen LogP contribution in [0, 0.1) is 0 Å². The number of ether oxygens (including phenoxy) is 1. The Morgan fingerprint density at radius 3 is 3.05 bits per heavy atom. The van der Waals surface area contributed by atoms with Crippen LogP contribution in [0.5, 0.6) is 5.75 Å². The number of nitrogens with zero attached hydrogens (tertiary/aromatic N) is 3. The lowest BCUT2D eigenvalue weighted by Gasteiger charge is -2.22. The summed E-state index contributed by atoms with van der Waals surface area (Å²) in [5.74, 6) is 0.872. The average Bonchev–Trinajstić information content (AvgIpc) is 3.14. The highest BCUT2D eigenvalue weighted by Crippen LogP contribution is 2.33. The number of rotatable bonds is 5. The van der Waals surface area contributed by atoms with Crippen molar-refractivity contribution in [1.29, 1.82) is 0 Å². The van der Waals surface area contributed by atoms with Crippen molar-refractivity contribution in [2.24, 2.45) is 7.05 Å².